The summed E-state index contributed by atoms with van der Waals surface area (Å²) in [5, 5.41) is 7.81. The van der Waals surface area contributed by atoms with Gasteiger partial charge in [0, 0.05) is 18.1 Å². The second-order valence-electron chi connectivity index (χ2n) is 6.51. The van der Waals surface area contributed by atoms with Crippen LogP contribution in [0, 0.1) is 5.92 Å². The summed E-state index contributed by atoms with van der Waals surface area (Å²) in [6.07, 6.45) is 8.36. The predicted octanol–water partition coefficient (Wildman–Crippen LogP) is 1.20. The van der Waals surface area contributed by atoms with E-state index in [1.54, 1.807) is 0 Å². The maximum atomic E-state index is 4.06. The lowest BCUT2D eigenvalue weighted by Crippen LogP contribution is -2.59. The Bertz CT molecular complexity index is 258. The molecule has 1 saturated carbocycles. The van der Waals surface area contributed by atoms with Crippen molar-refractivity contribution < 1.29 is 0 Å². The fraction of sp³-hybridized carbons (Fsp3) is 1.00. The predicted molar refractivity (Wildman–Crippen MR) is 71.2 cm³/mol. The molecule has 0 aromatic carbocycles. The average molecular weight is 237 g/mol. The van der Waals surface area contributed by atoms with Gasteiger partial charge in [0.05, 0.1) is 0 Å². The zero-order valence-electron chi connectivity index (χ0n) is 11.2. The second-order valence-corrected chi connectivity index (χ2v) is 6.51. The molecule has 3 rings (SSSR count). The van der Waals surface area contributed by atoms with Crippen LogP contribution in [0.3, 0.4) is 0 Å². The van der Waals surface area contributed by atoms with Crippen molar-refractivity contribution in [2.45, 2.75) is 50.1 Å². The van der Waals surface area contributed by atoms with E-state index in [1.165, 1.54) is 64.7 Å². The van der Waals surface area contributed by atoms with Crippen molar-refractivity contribution in [1.29, 1.82) is 0 Å². The lowest BCUT2D eigenvalue weighted by Gasteiger charge is -2.43. The summed E-state index contributed by atoms with van der Waals surface area (Å²) in [5.74, 6) is 0.891. The molecule has 0 bridgehead atoms. The molecule has 2 saturated heterocycles. The molecule has 2 aliphatic heterocycles. The van der Waals surface area contributed by atoms with E-state index in [-0.39, 0.29) is 0 Å². The van der Waals surface area contributed by atoms with Crippen molar-refractivity contribution in [3.8, 4) is 0 Å². The second kappa shape index (κ2) is 4.87. The number of nitrogens with one attached hydrogen (secondary N) is 2. The Balaban J connectivity index is 1.69. The topological polar surface area (TPSA) is 27.3 Å². The van der Waals surface area contributed by atoms with Crippen LogP contribution >= 0.6 is 0 Å². The lowest BCUT2D eigenvalue weighted by atomic mass is 9.82. The molecular weight excluding hydrogens is 210 g/mol. The third kappa shape index (κ3) is 2.51. The minimum Gasteiger partial charge on any atom is -0.315 e. The lowest BCUT2D eigenvalue weighted by molar-refractivity contribution is 0.136. The number of hydrogen-bond acceptors (Lipinski definition) is 3. The van der Waals surface area contributed by atoms with E-state index in [0.29, 0.717) is 5.54 Å². The van der Waals surface area contributed by atoms with Gasteiger partial charge in [-0.3, -0.25) is 0 Å². The monoisotopic (exact) mass is 237 g/mol. The van der Waals surface area contributed by atoms with E-state index in [9.17, 15) is 0 Å². The summed E-state index contributed by atoms with van der Waals surface area (Å²) in [4.78, 5) is 2.47. The first-order valence-corrected chi connectivity index (χ1v) is 7.44. The summed E-state index contributed by atoms with van der Waals surface area (Å²) in [5.41, 5.74) is 0.406. The molecule has 98 valence electrons. The highest BCUT2D eigenvalue weighted by atomic mass is 15.2. The molecule has 0 aromatic heterocycles. The summed E-state index contributed by atoms with van der Waals surface area (Å²) in [7, 11) is 2.25. The van der Waals surface area contributed by atoms with Crippen LogP contribution in [-0.4, -0.2) is 49.7 Å². The molecule has 1 spiro atoms. The molecule has 3 heteroatoms. The quantitative estimate of drug-likeness (QED) is 0.663. The number of nitrogens with zero attached hydrogens (tertiary/aromatic N) is 1. The molecule has 2 atom stereocenters. The van der Waals surface area contributed by atoms with Crippen LogP contribution in [0.15, 0.2) is 0 Å². The van der Waals surface area contributed by atoms with Crippen LogP contribution in [0.25, 0.3) is 0 Å². The highest BCUT2D eigenvalue weighted by Gasteiger charge is 2.39. The van der Waals surface area contributed by atoms with Gasteiger partial charge in [-0.05, 0) is 58.3 Å². The van der Waals surface area contributed by atoms with Crippen molar-refractivity contribution in [2.75, 3.05) is 33.2 Å². The van der Waals surface area contributed by atoms with Crippen LogP contribution in [0.1, 0.15) is 38.5 Å². The molecule has 2 unspecified atom stereocenters. The van der Waals surface area contributed by atoms with Crippen molar-refractivity contribution in [3.63, 3.8) is 0 Å². The summed E-state index contributed by atoms with van der Waals surface area (Å²) < 4.78 is 0. The Morgan fingerprint density at radius 2 is 1.88 bits per heavy atom. The number of piperidine rings is 1. The molecule has 0 aromatic rings. The molecule has 3 fully saturated rings. The Kier molecular flexibility index (Phi) is 3.42. The molecule has 2 heterocycles. The highest BCUT2D eigenvalue weighted by Crippen LogP contribution is 2.31. The Hall–Kier alpha value is -0.120. The van der Waals surface area contributed by atoms with E-state index in [1.807, 2.05) is 0 Å². The minimum atomic E-state index is 0.406. The zero-order chi connectivity index (χ0) is 11.7. The molecule has 2 N–H and O–H groups in total. The van der Waals surface area contributed by atoms with E-state index in [4.69, 9.17) is 0 Å². The number of fused-ring (bicyclic) bond motifs is 1. The molecule has 17 heavy (non-hydrogen) atoms. The van der Waals surface area contributed by atoms with Crippen molar-refractivity contribution in [1.82, 2.24) is 15.5 Å². The summed E-state index contributed by atoms with van der Waals surface area (Å²) in [6, 6.07) is 0.794. The van der Waals surface area contributed by atoms with Gasteiger partial charge in [-0.25, -0.2) is 0 Å². The third-order valence-electron chi connectivity index (χ3n) is 5.21. The minimum absolute atomic E-state index is 0.406. The molecule has 0 amide bonds. The largest absolute Gasteiger partial charge is 0.315 e. The van der Waals surface area contributed by atoms with Crippen LogP contribution in [-0.2, 0) is 0 Å². The van der Waals surface area contributed by atoms with Gasteiger partial charge in [0.15, 0.2) is 0 Å². The van der Waals surface area contributed by atoms with Crippen molar-refractivity contribution >= 4 is 0 Å². The van der Waals surface area contributed by atoms with E-state index in [2.05, 4.69) is 22.6 Å². The fourth-order valence-electron chi connectivity index (χ4n) is 3.95. The number of rotatable bonds is 0. The highest BCUT2D eigenvalue weighted by molar-refractivity contribution is 5.01. The van der Waals surface area contributed by atoms with Gasteiger partial charge in [-0.15, -0.1) is 0 Å². The first-order valence-electron chi connectivity index (χ1n) is 7.44. The first-order chi connectivity index (χ1) is 8.27. The van der Waals surface area contributed by atoms with Gasteiger partial charge < -0.3 is 15.5 Å². The Morgan fingerprint density at radius 1 is 1.12 bits per heavy atom. The Labute approximate surface area is 105 Å². The van der Waals surface area contributed by atoms with Gasteiger partial charge in [0.2, 0.25) is 0 Å². The van der Waals surface area contributed by atoms with Crippen LogP contribution in [0.5, 0.6) is 0 Å². The smallest absolute Gasteiger partial charge is 0.0333 e. The van der Waals surface area contributed by atoms with Crippen molar-refractivity contribution in [3.05, 3.63) is 0 Å². The first kappa shape index (κ1) is 11.9. The molecular formula is C14H27N3. The molecule has 0 radical (unpaired) electrons. The Morgan fingerprint density at radius 3 is 2.71 bits per heavy atom. The van der Waals surface area contributed by atoms with Crippen LogP contribution < -0.4 is 10.6 Å². The maximum Gasteiger partial charge on any atom is 0.0333 e. The zero-order valence-corrected chi connectivity index (χ0v) is 11.2. The van der Waals surface area contributed by atoms with E-state index >= 15 is 0 Å². The van der Waals surface area contributed by atoms with Gasteiger partial charge in [0.1, 0.15) is 0 Å². The molecule has 3 aliphatic rings. The summed E-state index contributed by atoms with van der Waals surface area (Å²) >= 11 is 0. The van der Waals surface area contributed by atoms with E-state index < -0.39 is 0 Å². The van der Waals surface area contributed by atoms with Gasteiger partial charge >= 0.3 is 0 Å². The normalized spacial score (nSPS) is 38.6. The van der Waals surface area contributed by atoms with E-state index in [0.717, 1.165) is 12.0 Å². The average Bonchev–Trinajstić information content (AvgIpc) is 2.52. The number of hydrogen-bond donors (Lipinski definition) is 2. The third-order valence-corrected chi connectivity index (χ3v) is 5.21. The van der Waals surface area contributed by atoms with Crippen molar-refractivity contribution in [2.24, 2.45) is 5.92 Å². The molecule has 3 nitrogen and oxygen atoms in total. The summed E-state index contributed by atoms with van der Waals surface area (Å²) in [6.45, 7) is 4.95. The van der Waals surface area contributed by atoms with Gasteiger partial charge in [0.25, 0.3) is 0 Å². The van der Waals surface area contributed by atoms with Crippen LogP contribution in [0.4, 0.5) is 0 Å². The maximum absolute atomic E-state index is 4.06. The standard InChI is InChI=1S/C14H27N3/c1-17-8-6-14(7-9-17)11-15-10-12-4-2-3-5-13(12)16-14/h12-13,15-16H,2-11H2,1H3. The fourth-order valence-corrected chi connectivity index (χ4v) is 3.95. The number of likely N-dealkylation sites (tertiary alicyclic amines) is 1. The SMILES string of the molecule is CN1CCC2(CC1)CNCC1CCCCC1N2. The van der Waals surface area contributed by atoms with Crippen LogP contribution in [0.2, 0.25) is 0 Å². The van der Waals surface area contributed by atoms with Gasteiger partial charge in [-0.2, -0.15) is 0 Å². The molecule has 1 aliphatic carbocycles. The van der Waals surface area contributed by atoms with Gasteiger partial charge in [-0.1, -0.05) is 12.8 Å².